The van der Waals surface area contributed by atoms with Gasteiger partial charge in [-0.2, -0.15) is 0 Å². The van der Waals surface area contributed by atoms with Crippen LogP contribution in [-0.4, -0.2) is 38.4 Å². The van der Waals surface area contributed by atoms with E-state index in [0.29, 0.717) is 18.6 Å². The zero-order valence-electron chi connectivity index (χ0n) is 23.9. The maximum atomic E-state index is 12.9. The number of carboxylic acid groups (broad SMARTS) is 1. The van der Waals surface area contributed by atoms with Crippen molar-refractivity contribution >= 4 is 48.4 Å². The van der Waals surface area contributed by atoms with Crippen molar-refractivity contribution in [2.75, 3.05) is 13.2 Å². The van der Waals surface area contributed by atoms with Crippen LogP contribution in [0.4, 0.5) is 0 Å². The number of oxime groups is 1. The number of hydrogen-bond donors (Lipinski definition) is 2. The summed E-state index contributed by atoms with van der Waals surface area (Å²) in [5.74, 6) is -0.653. The predicted molar refractivity (Wildman–Crippen MR) is 165 cm³/mol. The van der Waals surface area contributed by atoms with Crippen molar-refractivity contribution in [3.05, 3.63) is 75.8 Å². The van der Waals surface area contributed by atoms with Crippen molar-refractivity contribution in [2.45, 2.75) is 69.6 Å². The van der Waals surface area contributed by atoms with Crippen LogP contribution in [0.2, 0.25) is 0 Å². The summed E-state index contributed by atoms with van der Waals surface area (Å²) in [6, 6.07) is 17.0. The number of nitrogens with one attached hydrogen (secondary N) is 1. The van der Waals surface area contributed by atoms with E-state index in [2.05, 4.69) is 58.7 Å². The smallest absolute Gasteiger partial charge is 0.309 e. The molecular formula is C32H37BrN2O5S. The second kappa shape index (κ2) is 11.2. The minimum atomic E-state index is -3.72. The Morgan fingerprint density at radius 1 is 1.12 bits per heavy atom. The largest absolute Gasteiger partial charge is 0.481 e. The summed E-state index contributed by atoms with van der Waals surface area (Å²) in [6.45, 7) is 8.41. The molecule has 2 aliphatic carbocycles. The minimum Gasteiger partial charge on any atom is -0.481 e. The van der Waals surface area contributed by atoms with Gasteiger partial charge < -0.3 is 9.94 Å². The lowest BCUT2D eigenvalue weighted by Crippen LogP contribution is -2.53. The van der Waals surface area contributed by atoms with Crippen molar-refractivity contribution in [3.63, 3.8) is 0 Å². The lowest BCUT2D eigenvalue weighted by Gasteiger charge is -2.53. The quantitative estimate of drug-likeness (QED) is 0.204. The van der Waals surface area contributed by atoms with E-state index >= 15 is 0 Å². The van der Waals surface area contributed by atoms with E-state index in [1.54, 1.807) is 18.2 Å². The van der Waals surface area contributed by atoms with Gasteiger partial charge in [-0.05, 0) is 89.6 Å². The molecule has 41 heavy (non-hydrogen) atoms. The highest BCUT2D eigenvalue weighted by atomic mass is 79.9. The number of halogens is 1. The van der Waals surface area contributed by atoms with Crippen molar-refractivity contribution < 1.29 is 23.2 Å². The molecular weight excluding hydrogens is 604 g/mol. The normalized spacial score (nSPS) is 25.2. The number of nitrogens with zero attached hydrogens (tertiary/aromatic N) is 1. The number of aliphatic carboxylic acids is 1. The Balaban J connectivity index is 1.39. The topological polar surface area (TPSA) is 105 Å². The van der Waals surface area contributed by atoms with Crippen molar-refractivity contribution in [1.82, 2.24) is 4.72 Å². The Morgan fingerprint density at radius 3 is 2.56 bits per heavy atom. The number of sulfonamides is 1. The van der Waals surface area contributed by atoms with Crippen LogP contribution in [0, 0.1) is 11.3 Å². The summed E-state index contributed by atoms with van der Waals surface area (Å²) in [5, 5.41) is 16.6. The first kappa shape index (κ1) is 29.7. The Labute approximate surface area is 250 Å². The van der Waals surface area contributed by atoms with Crippen molar-refractivity contribution in [3.8, 4) is 0 Å². The van der Waals surface area contributed by atoms with E-state index in [1.165, 1.54) is 0 Å². The molecule has 7 nitrogen and oxygen atoms in total. The molecule has 3 aromatic rings. The van der Waals surface area contributed by atoms with Gasteiger partial charge in [0.2, 0.25) is 10.0 Å². The lowest BCUT2D eigenvalue weighted by atomic mass is 9.49. The summed E-state index contributed by atoms with van der Waals surface area (Å²) in [6.07, 6.45) is 2.85. The van der Waals surface area contributed by atoms with Crippen LogP contribution in [0.25, 0.3) is 10.8 Å². The molecule has 9 heteroatoms. The molecule has 3 aromatic carbocycles. The van der Waals surface area contributed by atoms with Crippen LogP contribution in [0.5, 0.6) is 0 Å². The fourth-order valence-corrected chi connectivity index (χ4v) is 8.65. The number of carboxylic acids is 1. The van der Waals surface area contributed by atoms with Gasteiger partial charge in [0.1, 0.15) is 6.61 Å². The molecule has 5 rings (SSSR count). The Hall–Kier alpha value is -2.75. The molecule has 0 unspecified atom stereocenters. The highest BCUT2D eigenvalue weighted by Crippen LogP contribution is 2.58. The summed E-state index contributed by atoms with van der Waals surface area (Å²) < 4.78 is 29.4. The SMILES string of the molecule is CC(C)c1cc2c(cc1Br)[C@@]1(C)CCC[C@@](C)(C(=O)O)[C@@H]1C/C2=N\OCCNS(=O)(=O)c1ccc2ccccc2c1. The molecule has 0 aliphatic heterocycles. The van der Waals surface area contributed by atoms with Gasteiger partial charge in [-0.15, -0.1) is 0 Å². The van der Waals surface area contributed by atoms with Gasteiger partial charge in [-0.25, -0.2) is 13.1 Å². The first-order valence-electron chi connectivity index (χ1n) is 14.1. The summed E-state index contributed by atoms with van der Waals surface area (Å²) in [7, 11) is -3.72. The van der Waals surface area contributed by atoms with Crippen LogP contribution in [0.3, 0.4) is 0 Å². The van der Waals surface area contributed by atoms with Crippen LogP contribution in [0.1, 0.15) is 76.0 Å². The zero-order chi connectivity index (χ0) is 29.6. The molecule has 1 fully saturated rings. The van der Waals surface area contributed by atoms with Gasteiger partial charge in [-0.3, -0.25) is 4.79 Å². The van der Waals surface area contributed by atoms with Gasteiger partial charge in [-0.1, -0.05) is 78.6 Å². The van der Waals surface area contributed by atoms with Gasteiger partial charge in [0.05, 0.1) is 16.0 Å². The van der Waals surface area contributed by atoms with Crippen LogP contribution in [0.15, 0.2) is 69.1 Å². The van der Waals surface area contributed by atoms with E-state index in [-0.39, 0.29) is 35.3 Å². The maximum Gasteiger partial charge on any atom is 0.309 e. The molecule has 0 aromatic heterocycles. The number of carbonyl (C=O) groups is 1. The molecule has 0 amide bonds. The van der Waals surface area contributed by atoms with Crippen LogP contribution < -0.4 is 4.72 Å². The van der Waals surface area contributed by atoms with E-state index in [0.717, 1.165) is 44.8 Å². The third-order valence-corrected chi connectivity index (χ3v) is 11.3. The molecule has 0 saturated heterocycles. The summed E-state index contributed by atoms with van der Waals surface area (Å²) in [5.41, 5.74) is 2.75. The number of rotatable bonds is 8. The van der Waals surface area contributed by atoms with Gasteiger partial charge in [0.25, 0.3) is 0 Å². The average molecular weight is 642 g/mol. The second-order valence-corrected chi connectivity index (χ2v) is 14.7. The van der Waals surface area contributed by atoms with Gasteiger partial charge in [0, 0.05) is 16.6 Å². The van der Waals surface area contributed by atoms with E-state index < -0.39 is 21.4 Å². The second-order valence-electron chi connectivity index (χ2n) is 12.1. The van der Waals surface area contributed by atoms with Crippen LogP contribution in [-0.2, 0) is 25.1 Å². The third-order valence-electron chi connectivity index (χ3n) is 9.19. The third kappa shape index (κ3) is 5.44. The highest BCUT2D eigenvalue weighted by Gasteiger charge is 2.56. The molecule has 0 spiro atoms. The Morgan fingerprint density at radius 2 is 1.85 bits per heavy atom. The lowest BCUT2D eigenvalue weighted by molar-refractivity contribution is -0.156. The monoisotopic (exact) mass is 640 g/mol. The average Bonchev–Trinajstić information content (AvgIpc) is 2.93. The summed E-state index contributed by atoms with van der Waals surface area (Å²) in [4.78, 5) is 18.4. The van der Waals surface area contributed by atoms with E-state index in [4.69, 9.17) is 4.84 Å². The molecule has 3 atom stereocenters. The first-order chi connectivity index (χ1) is 19.4. The maximum absolute atomic E-state index is 12.9. The first-order valence-corrected chi connectivity index (χ1v) is 16.4. The fraction of sp³-hybridized carbons (Fsp3) is 0.438. The highest BCUT2D eigenvalue weighted by molar-refractivity contribution is 9.10. The van der Waals surface area contributed by atoms with Crippen molar-refractivity contribution in [2.24, 2.45) is 16.5 Å². The molecule has 218 valence electrons. The Bertz CT molecular complexity index is 1640. The molecule has 2 N–H and O–H groups in total. The van der Waals surface area contributed by atoms with Crippen molar-refractivity contribution in [1.29, 1.82) is 0 Å². The van der Waals surface area contributed by atoms with E-state index in [9.17, 15) is 18.3 Å². The van der Waals surface area contributed by atoms with Gasteiger partial charge >= 0.3 is 5.97 Å². The number of hydrogen-bond acceptors (Lipinski definition) is 5. The molecule has 2 aliphatic rings. The van der Waals surface area contributed by atoms with E-state index in [1.807, 2.05) is 31.2 Å². The molecule has 0 bridgehead atoms. The van der Waals surface area contributed by atoms with Crippen LogP contribution >= 0.6 is 15.9 Å². The molecule has 1 saturated carbocycles. The van der Waals surface area contributed by atoms with Gasteiger partial charge in [0.15, 0.2) is 0 Å². The predicted octanol–water partition coefficient (Wildman–Crippen LogP) is 6.98. The fourth-order valence-electron chi connectivity index (χ4n) is 6.80. The number of benzene rings is 3. The summed E-state index contributed by atoms with van der Waals surface area (Å²) >= 11 is 3.77. The number of fused-ring (bicyclic) bond motifs is 4. The minimum absolute atomic E-state index is 0.0390. The Kier molecular flexibility index (Phi) is 8.09. The zero-order valence-corrected chi connectivity index (χ0v) is 26.3. The molecule has 0 radical (unpaired) electrons. The standard InChI is InChI=1S/C32H37BrN2O5S/c1-20(2)24-17-25-26(18-27(24)33)31(3)12-7-13-32(4,30(36)37)29(31)19-28(25)35-40-15-14-34-41(38,39)23-11-10-21-8-5-6-9-22(21)16-23/h5-6,8-11,16-18,20,29,34H,7,12-15,19H2,1-4H3,(H,36,37)/b35-28+/t29-,31-,32-/m1/s1. The molecule has 0 heterocycles.